The lowest BCUT2D eigenvalue weighted by Crippen LogP contribution is -2.29. The molecule has 1 aromatic heterocycles. The number of azo groups is 1. The average molecular weight is 404 g/mol. The summed E-state index contributed by atoms with van der Waals surface area (Å²) in [6.45, 7) is 9.23. The number of benzene rings is 1. The van der Waals surface area contributed by atoms with E-state index in [-0.39, 0.29) is 12.0 Å². The van der Waals surface area contributed by atoms with Crippen LogP contribution in [0.4, 0.5) is 5.69 Å². The van der Waals surface area contributed by atoms with Crippen LogP contribution in [0.3, 0.4) is 0 Å². The zero-order valence-corrected chi connectivity index (χ0v) is 17.4. The normalized spacial score (nSPS) is 17.2. The highest BCUT2D eigenvalue weighted by atomic mass is 32.1. The molecule has 28 heavy (non-hydrogen) atoms. The average Bonchev–Trinajstić information content (AvgIpc) is 3.32. The first-order valence-corrected chi connectivity index (χ1v) is 10.4. The Labute approximate surface area is 171 Å². The largest absolute Gasteiger partial charge is 0.493 e. The third-order valence-corrected chi connectivity index (χ3v) is 5.42. The number of rotatable bonds is 8. The molecule has 2 N–H and O–H groups in total. The molecule has 1 aliphatic rings. The minimum Gasteiger partial charge on any atom is -0.493 e. The summed E-state index contributed by atoms with van der Waals surface area (Å²) < 4.78 is 7.46. The summed E-state index contributed by atoms with van der Waals surface area (Å²) in [5.74, 6) is 0.124. The molecule has 3 rings (SSSR count). The first kappa shape index (κ1) is 20.7. The summed E-state index contributed by atoms with van der Waals surface area (Å²) in [5, 5.41) is 23.4. The Bertz CT molecular complexity index is 825. The quantitative estimate of drug-likeness (QED) is 0.518. The van der Waals surface area contributed by atoms with Gasteiger partial charge in [-0.3, -0.25) is 0 Å². The van der Waals surface area contributed by atoms with E-state index < -0.39 is 0 Å². The van der Waals surface area contributed by atoms with Gasteiger partial charge in [0.05, 0.1) is 11.6 Å². The molecule has 0 radical (unpaired) electrons. The Kier molecular flexibility index (Phi) is 7.36. The summed E-state index contributed by atoms with van der Waals surface area (Å²) in [4.78, 5) is 2.32. The molecule has 1 atom stereocenters. The standard InChI is InChI=1S/C20H29N5O2S/c1-3-24(4-2)11-12-25-17-10-6-5-9-16(17)18(19(25)26)22-23-20(28)21-14-15-8-7-13-27-15/h5-6,9-10,15,26H,3-4,7-8,11-14H2,1-2H3,(H,21,28)/t15-/m0/s1. The van der Waals surface area contributed by atoms with Gasteiger partial charge >= 0.3 is 0 Å². The minimum absolute atomic E-state index is 0.124. The Morgan fingerprint density at radius 2 is 2.14 bits per heavy atom. The first-order valence-electron chi connectivity index (χ1n) is 9.97. The third kappa shape index (κ3) is 4.87. The number of aromatic nitrogens is 1. The number of ether oxygens (including phenoxy) is 1. The topological polar surface area (TPSA) is 74.4 Å². The van der Waals surface area contributed by atoms with Gasteiger partial charge in [-0.1, -0.05) is 32.0 Å². The van der Waals surface area contributed by atoms with Crippen molar-refractivity contribution in [2.24, 2.45) is 10.2 Å². The van der Waals surface area contributed by atoms with Gasteiger partial charge in [-0.25, -0.2) is 0 Å². The zero-order chi connectivity index (χ0) is 19.9. The highest BCUT2D eigenvalue weighted by Gasteiger charge is 2.18. The molecule has 1 aliphatic heterocycles. The van der Waals surface area contributed by atoms with E-state index in [1.54, 1.807) is 0 Å². The van der Waals surface area contributed by atoms with Crippen LogP contribution in [0.2, 0.25) is 0 Å². The molecule has 152 valence electrons. The van der Waals surface area contributed by atoms with Crippen LogP contribution in [0.15, 0.2) is 34.5 Å². The number of thiocarbonyl (C=S) groups is 1. The number of aromatic hydroxyl groups is 1. The fraction of sp³-hybridized carbons (Fsp3) is 0.550. The highest BCUT2D eigenvalue weighted by Crippen LogP contribution is 2.38. The lowest BCUT2D eigenvalue weighted by molar-refractivity contribution is 0.114. The van der Waals surface area contributed by atoms with Crippen molar-refractivity contribution in [1.29, 1.82) is 0 Å². The number of hydrogen-bond acceptors (Lipinski definition) is 5. The van der Waals surface area contributed by atoms with Gasteiger partial charge in [0.15, 0.2) is 5.69 Å². The van der Waals surface area contributed by atoms with E-state index in [0.717, 1.165) is 50.0 Å². The van der Waals surface area contributed by atoms with E-state index in [2.05, 4.69) is 34.3 Å². The predicted octanol–water partition coefficient (Wildman–Crippen LogP) is 3.83. The first-order chi connectivity index (χ1) is 13.6. The second-order valence-electron chi connectivity index (χ2n) is 6.89. The molecule has 1 aromatic carbocycles. The van der Waals surface area contributed by atoms with Gasteiger partial charge in [-0.15, -0.1) is 10.2 Å². The predicted molar refractivity (Wildman–Crippen MR) is 115 cm³/mol. The van der Waals surface area contributed by atoms with Gasteiger partial charge in [0, 0.05) is 31.6 Å². The highest BCUT2D eigenvalue weighted by molar-refractivity contribution is 7.80. The number of para-hydroxylation sites is 1. The van der Waals surface area contributed by atoms with Crippen LogP contribution in [0.1, 0.15) is 26.7 Å². The summed E-state index contributed by atoms with van der Waals surface area (Å²) in [6, 6.07) is 7.83. The Balaban J connectivity index is 1.74. The van der Waals surface area contributed by atoms with Gasteiger partial charge in [0.25, 0.3) is 0 Å². The van der Waals surface area contributed by atoms with Crippen LogP contribution in [0.5, 0.6) is 5.88 Å². The van der Waals surface area contributed by atoms with Gasteiger partial charge in [0.2, 0.25) is 11.0 Å². The summed E-state index contributed by atoms with van der Waals surface area (Å²) in [5.41, 5.74) is 1.40. The van der Waals surface area contributed by atoms with E-state index in [4.69, 9.17) is 17.0 Å². The smallest absolute Gasteiger partial charge is 0.220 e. The van der Waals surface area contributed by atoms with Gasteiger partial charge in [-0.05, 0) is 44.2 Å². The summed E-state index contributed by atoms with van der Waals surface area (Å²) in [7, 11) is 0. The molecule has 0 unspecified atom stereocenters. The van der Waals surface area contributed by atoms with Crippen LogP contribution in [-0.2, 0) is 11.3 Å². The van der Waals surface area contributed by atoms with Crippen molar-refractivity contribution in [3.63, 3.8) is 0 Å². The van der Waals surface area contributed by atoms with E-state index in [1.165, 1.54) is 0 Å². The van der Waals surface area contributed by atoms with Crippen LogP contribution in [0, 0.1) is 0 Å². The second-order valence-corrected chi connectivity index (χ2v) is 7.28. The molecule has 7 nitrogen and oxygen atoms in total. The molecule has 0 saturated carbocycles. The second kappa shape index (κ2) is 9.95. The molecule has 0 aliphatic carbocycles. The van der Waals surface area contributed by atoms with E-state index in [9.17, 15) is 5.11 Å². The molecular weight excluding hydrogens is 374 g/mol. The van der Waals surface area contributed by atoms with Gasteiger partial charge in [-0.2, -0.15) is 0 Å². The Morgan fingerprint density at radius 1 is 1.36 bits per heavy atom. The molecule has 1 fully saturated rings. The zero-order valence-electron chi connectivity index (χ0n) is 16.6. The van der Waals surface area contributed by atoms with Crippen LogP contribution in [-0.4, -0.2) is 58.6 Å². The Hall–Kier alpha value is -2.03. The molecular formula is C20H29N5O2S. The summed E-state index contributed by atoms with van der Waals surface area (Å²) >= 11 is 5.26. The Morgan fingerprint density at radius 3 is 2.86 bits per heavy atom. The molecule has 0 spiro atoms. The molecule has 8 heteroatoms. The van der Waals surface area contributed by atoms with Crippen molar-refractivity contribution < 1.29 is 9.84 Å². The number of nitrogens with zero attached hydrogens (tertiary/aromatic N) is 4. The van der Waals surface area contributed by atoms with E-state index in [0.29, 0.717) is 23.9 Å². The molecule has 1 saturated heterocycles. The molecule has 0 amide bonds. The minimum atomic E-state index is 0.124. The van der Waals surface area contributed by atoms with Gasteiger partial charge < -0.3 is 24.6 Å². The summed E-state index contributed by atoms with van der Waals surface area (Å²) in [6.07, 6.45) is 2.30. The fourth-order valence-corrected chi connectivity index (χ4v) is 3.64. The van der Waals surface area contributed by atoms with Crippen molar-refractivity contribution in [3.8, 4) is 5.88 Å². The van der Waals surface area contributed by atoms with Crippen molar-refractivity contribution in [2.75, 3.05) is 32.8 Å². The van der Waals surface area contributed by atoms with Crippen molar-refractivity contribution >= 4 is 33.9 Å². The number of nitrogens with one attached hydrogen (secondary N) is 1. The maximum Gasteiger partial charge on any atom is 0.220 e. The van der Waals surface area contributed by atoms with Crippen molar-refractivity contribution in [2.45, 2.75) is 39.3 Å². The van der Waals surface area contributed by atoms with Gasteiger partial charge in [0.1, 0.15) is 0 Å². The molecule has 2 heterocycles. The van der Waals surface area contributed by atoms with Crippen molar-refractivity contribution in [1.82, 2.24) is 14.8 Å². The molecule has 2 aromatic rings. The van der Waals surface area contributed by atoms with E-state index in [1.807, 2.05) is 28.8 Å². The van der Waals surface area contributed by atoms with E-state index >= 15 is 0 Å². The maximum atomic E-state index is 10.8. The van der Waals surface area contributed by atoms with Crippen LogP contribution >= 0.6 is 12.2 Å². The van der Waals surface area contributed by atoms with Crippen LogP contribution < -0.4 is 5.32 Å². The fourth-order valence-electron chi connectivity index (χ4n) is 3.52. The number of fused-ring (bicyclic) bond motifs is 1. The molecule has 0 bridgehead atoms. The van der Waals surface area contributed by atoms with Crippen LogP contribution in [0.25, 0.3) is 10.9 Å². The number of hydrogen-bond donors (Lipinski definition) is 2. The lowest BCUT2D eigenvalue weighted by atomic mass is 10.2. The monoisotopic (exact) mass is 403 g/mol. The third-order valence-electron chi connectivity index (χ3n) is 5.20. The number of likely N-dealkylation sites (N-methyl/N-ethyl adjacent to an activating group) is 1. The lowest BCUT2D eigenvalue weighted by Gasteiger charge is -2.18. The SMILES string of the molecule is CCN(CC)CCn1c(O)c(N=NC(=S)NC[C@@H]2CCCO2)c2ccccc21. The van der Waals surface area contributed by atoms with Crippen molar-refractivity contribution in [3.05, 3.63) is 24.3 Å². The maximum absolute atomic E-state index is 10.8.